The summed E-state index contributed by atoms with van der Waals surface area (Å²) in [6.07, 6.45) is 5.62. The van der Waals surface area contributed by atoms with Crippen molar-refractivity contribution in [2.45, 2.75) is 38.3 Å². The van der Waals surface area contributed by atoms with Crippen molar-refractivity contribution < 1.29 is 4.74 Å². The molecule has 2 heterocycles. The number of methoxy groups -OCH3 is 1. The molecule has 1 aliphatic carbocycles. The molecule has 24 heavy (non-hydrogen) atoms. The Morgan fingerprint density at radius 1 is 1.33 bits per heavy atom. The van der Waals surface area contributed by atoms with Crippen LogP contribution in [-0.4, -0.2) is 36.6 Å². The second-order valence-corrected chi connectivity index (χ2v) is 6.16. The van der Waals surface area contributed by atoms with Crippen molar-refractivity contribution in [1.29, 1.82) is 0 Å². The molecule has 0 bridgehead atoms. The number of hydrogen-bond donors (Lipinski definition) is 0. The number of benzene rings is 1. The fraction of sp³-hybridized carbons (Fsp3) is 0.412. The molecule has 1 fully saturated rings. The minimum absolute atomic E-state index is 0.0156. The molecule has 0 spiro atoms. The zero-order chi connectivity index (χ0) is 16.5. The van der Waals surface area contributed by atoms with Gasteiger partial charge >= 0.3 is 0 Å². The SMILES string of the molecule is COc1cccc(Cn2nc(C3CC3)nc2[C@H](C)n2cncn2)c1. The van der Waals surface area contributed by atoms with E-state index in [1.165, 1.54) is 12.8 Å². The van der Waals surface area contributed by atoms with Crippen LogP contribution in [0.15, 0.2) is 36.9 Å². The molecule has 124 valence electrons. The number of aromatic nitrogens is 6. The van der Waals surface area contributed by atoms with Gasteiger partial charge in [-0.15, -0.1) is 0 Å². The van der Waals surface area contributed by atoms with E-state index in [9.17, 15) is 0 Å². The van der Waals surface area contributed by atoms with Crippen LogP contribution in [0, 0.1) is 0 Å². The average Bonchev–Trinajstić information content (AvgIpc) is 3.15. The van der Waals surface area contributed by atoms with Gasteiger partial charge < -0.3 is 4.74 Å². The molecule has 4 rings (SSSR count). The van der Waals surface area contributed by atoms with Crippen molar-refractivity contribution in [3.05, 3.63) is 54.1 Å². The average molecular weight is 324 g/mol. The molecule has 2 aromatic heterocycles. The first-order valence-corrected chi connectivity index (χ1v) is 8.16. The summed E-state index contributed by atoms with van der Waals surface area (Å²) >= 11 is 0. The van der Waals surface area contributed by atoms with E-state index in [2.05, 4.69) is 23.1 Å². The van der Waals surface area contributed by atoms with Gasteiger partial charge in [0.25, 0.3) is 0 Å². The molecule has 7 heteroatoms. The molecular formula is C17H20N6O. The lowest BCUT2D eigenvalue weighted by molar-refractivity contribution is 0.413. The summed E-state index contributed by atoms with van der Waals surface area (Å²) in [5.74, 6) is 3.21. The van der Waals surface area contributed by atoms with Crippen molar-refractivity contribution >= 4 is 0 Å². The lowest BCUT2D eigenvalue weighted by Crippen LogP contribution is -2.15. The highest BCUT2D eigenvalue weighted by Crippen LogP contribution is 2.38. The van der Waals surface area contributed by atoms with Crippen LogP contribution in [0.1, 0.15) is 48.9 Å². The molecule has 0 unspecified atom stereocenters. The Kier molecular flexibility index (Phi) is 3.76. The van der Waals surface area contributed by atoms with Crippen molar-refractivity contribution in [2.24, 2.45) is 0 Å². The number of hydrogen-bond acceptors (Lipinski definition) is 5. The summed E-state index contributed by atoms with van der Waals surface area (Å²) < 4.78 is 9.10. The van der Waals surface area contributed by atoms with E-state index in [0.29, 0.717) is 12.5 Å². The first-order valence-electron chi connectivity index (χ1n) is 8.16. The van der Waals surface area contributed by atoms with Gasteiger partial charge in [0.2, 0.25) is 0 Å². The van der Waals surface area contributed by atoms with E-state index < -0.39 is 0 Å². The first kappa shape index (κ1) is 14.9. The molecule has 0 amide bonds. The lowest BCUT2D eigenvalue weighted by Gasteiger charge is -2.13. The van der Waals surface area contributed by atoms with Crippen LogP contribution in [0.4, 0.5) is 0 Å². The molecule has 1 aromatic carbocycles. The molecule has 7 nitrogen and oxygen atoms in total. The monoisotopic (exact) mass is 324 g/mol. The van der Waals surface area contributed by atoms with Crippen LogP contribution in [0.25, 0.3) is 0 Å². The second-order valence-electron chi connectivity index (χ2n) is 6.16. The first-order chi connectivity index (χ1) is 11.7. The van der Waals surface area contributed by atoms with Gasteiger partial charge in [-0.3, -0.25) is 0 Å². The van der Waals surface area contributed by atoms with Gasteiger partial charge in [0, 0.05) is 5.92 Å². The third-order valence-electron chi connectivity index (χ3n) is 4.33. The van der Waals surface area contributed by atoms with E-state index >= 15 is 0 Å². The van der Waals surface area contributed by atoms with Crippen LogP contribution in [0.3, 0.4) is 0 Å². The minimum atomic E-state index is -0.0156. The van der Waals surface area contributed by atoms with E-state index in [-0.39, 0.29) is 6.04 Å². The molecule has 0 radical (unpaired) electrons. The van der Waals surface area contributed by atoms with Crippen molar-refractivity contribution in [2.75, 3.05) is 7.11 Å². The van der Waals surface area contributed by atoms with Crippen LogP contribution < -0.4 is 4.74 Å². The third-order valence-corrected chi connectivity index (χ3v) is 4.33. The zero-order valence-corrected chi connectivity index (χ0v) is 13.8. The maximum absolute atomic E-state index is 5.31. The largest absolute Gasteiger partial charge is 0.497 e. The minimum Gasteiger partial charge on any atom is -0.497 e. The van der Waals surface area contributed by atoms with Crippen molar-refractivity contribution in [3.8, 4) is 5.75 Å². The predicted molar refractivity (Wildman–Crippen MR) is 87.9 cm³/mol. The Bertz CT molecular complexity index is 821. The second kappa shape index (κ2) is 6.07. The summed E-state index contributed by atoms with van der Waals surface area (Å²) in [6, 6.07) is 8.03. The van der Waals surface area contributed by atoms with E-state index in [1.54, 1.807) is 19.8 Å². The maximum Gasteiger partial charge on any atom is 0.154 e. The van der Waals surface area contributed by atoms with Crippen LogP contribution in [-0.2, 0) is 6.54 Å². The fourth-order valence-corrected chi connectivity index (χ4v) is 2.79. The summed E-state index contributed by atoms with van der Waals surface area (Å²) in [7, 11) is 1.68. The fourth-order valence-electron chi connectivity index (χ4n) is 2.79. The third kappa shape index (κ3) is 2.89. The molecule has 3 aromatic rings. The van der Waals surface area contributed by atoms with Gasteiger partial charge in [0.15, 0.2) is 11.6 Å². The molecule has 0 aliphatic heterocycles. The van der Waals surface area contributed by atoms with Gasteiger partial charge in [0.05, 0.1) is 13.7 Å². The van der Waals surface area contributed by atoms with Gasteiger partial charge in [-0.25, -0.2) is 19.3 Å². The Balaban J connectivity index is 1.67. The normalized spacial score (nSPS) is 15.4. The zero-order valence-electron chi connectivity index (χ0n) is 13.8. The number of rotatable bonds is 6. The van der Waals surface area contributed by atoms with Crippen LogP contribution in [0.5, 0.6) is 5.75 Å². The molecular weight excluding hydrogens is 304 g/mol. The molecule has 1 saturated carbocycles. The Labute approximate surface area is 140 Å². The molecule has 1 atom stereocenters. The Morgan fingerprint density at radius 2 is 2.21 bits per heavy atom. The highest BCUT2D eigenvalue weighted by atomic mass is 16.5. The summed E-state index contributed by atoms with van der Waals surface area (Å²) in [6.45, 7) is 2.72. The quantitative estimate of drug-likeness (QED) is 0.696. The molecule has 1 aliphatic rings. The number of nitrogens with zero attached hydrogens (tertiary/aromatic N) is 6. The Hall–Kier alpha value is -2.70. The smallest absolute Gasteiger partial charge is 0.154 e. The van der Waals surface area contributed by atoms with E-state index in [1.807, 2.05) is 27.6 Å². The van der Waals surface area contributed by atoms with Gasteiger partial charge in [-0.1, -0.05) is 12.1 Å². The summed E-state index contributed by atoms with van der Waals surface area (Å²) in [5, 5.41) is 9.00. The topological polar surface area (TPSA) is 70.7 Å². The van der Waals surface area contributed by atoms with Crippen LogP contribution >= 0.6 is 0 Å². The standard InChI is InChI=1S/C17H20N6O/c1-12(23-11-18-10-19-23)17-20-16(14-6-7-14)21-22(17)9-13-4-3-5-15(8-13)24-2/h3-5,8,10-12,14H,6-7,9H2,1-2H3/t12-/m0/s1. The lowest BCUT2D eigenvalue weighted by atomic mass is 10.2. The van der Waals surface area contributed by atoms with Crippen LogP contribution in [0.2, 0.25) is 0 Å². The van der Waals surface area contributed by atoms with Crippen molar-refractivity contribution in [3.63, 3.8) is 0 Å². The van der Waals surface area contributed by atoms with E-state index in [4.69, 9.17) is 14.8 Å². The highest BCUT2D eigenvalue weighted by Gasteiger charge is 2.30. The predicted octanol–water partition coefficient (Wildman–Crippen LogP) is 2.41. The summed E-state index contributed by atoms with van der Waals surface area (Å²) in [5.41, 5.74) is 1.13. The Morgan fingerprint density at radius 3 is 2.92 bits per heavy atom. The van der Waals surface area contributed by atoms with Gasteiger partial charge in [-0.2, -0.15) is 10.2 Å². The van der Waals surface area contributed by atoms with Gasteiger partial charge in [-0.05, 0) is 37.5 Å². The molecule has 0 N–H and O–H groups in total. The molecule has 0 saturated heterocycles. The van der Waals surface area contributed by atoms with Gasteiger partial charge in [0.1, 0.15) is 24.4 Å². The summed E-state index contributed by atoms with van der Waals surface area (Å²) in [4.78, 5) is 8.84. The van der Waals surface area contributed by atoms with E-state index in [0.717, 1.165) is 23.0 Å². The highest BCUT2D eigenvalue weighted by molar-refractivity contribution is 5.28. The maximum atomic E-state index is 5.31. The van der Waals surface area contributed by atoms with Crippen molar-refractivity contribution in [1.82, 2.24) is 29.5 Å². The number of ether oxygens (including phenoxy) is 1.